The van der Waals surface area contributed by atoms with E-state index >= 15 is 0 Å². The summed E-state index contributed by atoms with van der Waals surface area (Å²) >= 11 is 0. The number of rotatable bonds is 4. The number of nitrogens with one attached hydrogen (secondary N) is 2. The molecule has 6 nitrogen and oxygen atoms in total. The summed E-state index contributed by atoms with van der Waals surface area (Å²) in [5, 5.41) is 10.4. The molecule has 1 aromatic heterocycles. The molecule has 1 atom stereocenters. The normalized spacial score (nSPS) is 15.3. The number of aromatic nitrogens is 2. The molecule has 0 spiro atoms. The Labute approximate surface area is 154 Å². The van der Waals surface area contributed by atoms with Crippen molar-refractivity contribution in [3.05, 3.63) is 41.6 Å². The Hall–Kier alpha value is -2.63. The molecule has 0 bridgehead atoms. The summed E-state index contributed by atoms with van der Waals surface area (Å²) in [6.07, 6.45) is 1.50. The summed E-state index contributed by atoms with van der Waals surface area (Å²) in [7, 11) is 0. The summed E-state index contributed by atoms with van der Waals surface area (Å²) in [5.41, 5.74) is 4.34. The predicted octanol–water partition coefficient (Wildman–Crippen LogP) is 2.16. The number of carbonyl (C=O) groups is 2. The van der Waals surface area contributed by atoms with Crippen LogP contribution < -0.4 is 5.32 Å². The van der Waals surface area contributed by atoms with E-state index in [-0.39, 0.29) is 17.7 Å². The van der Waals surface area contributed by atoms with E-state index in [0.717, 1.165) is 29.8 Å². The maximum absolute atomic E-state index is 12.9. The fourth-order valence-corrected chi connectivity index (χ4v) is 3.47. The molecule has 2 amide bonds. The highest BCUT2D eigenvalue weighted by Gasteiger charge is 2.30. The van der Waals surface area contributed by atoms with E-state index < -0.39 is 6.04 Å². The zero-order chi connectivity index (χ0) is 18.7. The SMILES string of the molecule is CC(=O)NC(C(=O)N1CCc2[nH]nc(-c3ccccc3)c2CC1)C(C)C. The van der Waals surface area contributed by atoms with Crippen molar-refractivity contribution in [2.45, 2.75) is 39.7 Å². The van der Waals surface area contributed by atoms with Gasteiger partial charge < -0.3 is 10.2 Å². The van der Waals surface area contributed by atoms with Crippen molar-refractivity contribution < 1.29 is 9.59 Å². The number of benzene rings is 1. The van der Waals surface area contributed by atoms with Gasteiger partial charge in [0.1, 0.15) is 6.04 Å². The van der Waals surface area contributed by atoms with Crippen LogP contribution in [0.5, 0.6) is 0 Å². The Morgan fingerprint density at radius 1 is 1.15 bits per heavy atom. The first-order chi connectivity index (χ1) is 12.5. The minimum atomic E-state index is -0.476. The highest BCUT2D eigenvalue weighted by atomic mass is 16.2. The predicted molar refractivity (Wildman–Crippen MR) is 100 cm³/mol. The lowest BCUT2D eigenvalue weighted by Gasteiger charge is -2.28. The van der Waals surface area contributed by atoms with Gasteiger partial charge >= 0.3 is 0 Å². The van der Waals surface area contributed by atoms with Crippen LogP contribution in [0.3, 0.4) is 0 Å². The molecule has 6 heteroatoms. The van der Waals surface area contributed by atoms with Gasteiger partial charge in [-0.1, -0.05) is 44.2 Å². The fraction of sp³-hybridized carbons (Fsp3) is 0.450. The molecule has 1 aliphatic heterocycles. The third-order valence-corrected chi connectivity index (χ3v) is 4.87. The molecule has 1 aromatic carbocycles. The van der Waals surface area contributed by atoms with E-state index in [4.69, 9.17) is 0 Å². The summed E-state index contributed by atoms with van der Waals surface area (Å²) in [4.78, 5) is 26.3. The lowest BCUT2D eigenvalue weighted by atomic mass is 10.0. The van der Waals surface area contributed by atoms with Crippen LogP contribution in [0.1, 0.15) is 32.0 Å². The third-order valence-electron chi connectivity index (χ3n) is 4.87. The Kier molecular flexibility index (Phi) is 5.40. The van der Waals surface area contributed by atoms with Crippen molar-refractivity contribution in [3.63, 3.8) is 0 Å². The van der Waals surface area contributed by atoms with Gasteiger partial charge in [0.2, 0.25) is 11.8 Å². The van der Waals surface area contributed by atoms with Gasteiger partial charge in [-0.2, -0.15) is 5.10 Å². The molecule has 0 fully saturated rings. The van der Waals surface area contributed by atoms with Gasteiger partial charge in [0.15, 0.2) is 0 Å². The van der Waals surface area contributed by atoms with Crippen LogP contribution in [-0.2, 0) is 22.4 Å². The van der Waals surface area contributed by atoms with Crippen LogP contribution in [0.2, 0.25) is 0 Å². The first kappa shape index (κ1) is 18.2. The molecule has 2 N–H and O–H groups in total. The van der Waals surface area contributed by atoms with Crippen LogP contribution in [0.4, 0.5) is 0 Å². The summed E-state index contributed by atoms with van der Waals surface area (Å²) in [5.74, 6) is -0.128. The molecular weight excluding hydrogens is 328 g/mol. The van der Waals surface area contributed by atoms with Crippen molar-refractivity contribution in [1.82, 2.24) is 20.4 Å². The average molecular weight is 354 g/mol. The molecule has 0 saturated carbocycles. The van der Waals surface area contributed by atoms with E-state index in [1.54, 1.807) is 0 Å². The monoisotopic (exact) mass is 354 g/mol. The molecule has 2 heterocycles. The molecule has 0 aliphatic carbocycles. The molecule has 3 rings (SSSR count). The first-order valence-electron chi connectivity index (χ1n) is 9.14. The smallest absolute Gasteiger partial charge is 0.245 e. The van der Waals surface area contributed by atoms with Crippen molar-refractivity contribution >= 4 is 11.8 Å². The molecular formula is C20H26N4O2. The van der Waals surface area contributed by atoms with Crippen molar-refractivity contribution in [3.8, 4) is 11.3 Å². The Balaban J connectivity index is 1.77. The molecule has 2 aromatic rings. The summed E-state index contributed by atoms with van der Waals surface area (Å²) in [6.45, 7) is 6.62. The molecule has 138 valence electrons. The largest absolute Gasteiger partial charge is 0.344 e. The zero-order valence-corrected chi connectivity index (χ0v) is 15.6. The number of carbonyl (C=O) groups excluding carboxylic acids is 2. The highest BCUT2D eigenvalue weighted by molar-refractivity contribution is 5.87. The van der Waals surface area contributed by atoms with Crippen LogP contribution >= 0.6 is 0 Å². The van der Waals surface area contributed by atoms with Gasteiger partial charge in [-0.05, 0) is 12.3 Å². The van der Waals surface area contributed by atoms with Gasteiger partial charge in [-0.15, -0.1) is 0 Å². The van der Waals surface area contributed by atoms with E-state index in [2.05, 4.69) is 27.6 Å². The van der Waals surface area contributed by atoms with E-state index in [0.29, 0.717) is 13.1 Å². The molecule has 0 saturated heterocycles. The lowest BCUT2D eigenvalue weighted by Crippen LogP contribution is -2.51. The van der Waals surface area contributed by atoms with Crippen molar-refractivity contribution in [2.75, 3.05) is 13.1 Å². The second-order valence-corrected chi connectivity index (χ2v) is 7.14. The number of hydrogen-bond donors (Lipinski definition) is 2. The number of aromatic amines is 1. The van der Waals surface area contributed by atoms with Crippen molar-refractivity contribution in [2.24, 2.45) is 5.92 Å². The number of fused-ring (bicyclic) bond motifs is 1. The van der Waals surface area contributed by atoms with E-state index in [1.807, 2.05) is 36.9 Å². The lowest BCUT2D eigenvalue weighted by molar-refractivity contribution is -0.137. The van der Waals surface area contributed by atoms with Crippen molar-refractivity contribution in [1.29, 1.82) is 0 Å². The van der Waals surface area contributed by atoms with Crippen LogP contribution in [0, 0.1) is 5.92 Å². The standard InChI is InChI=1S/C20H26N4O2/c1-13(2)18(21-14(3)25)20(26)24-11-9-16-17(10-12-24)22-23-19(16)15-7-5-4-6-8-15/h4-8,13,18H,9-12H2,1-3H3,(H,21,25)(H,22,23). The van der Waals surface area contributed by atoms with Gasteiger partial charge in [0, 0.05) is 43.3 Å². The van der Waals surface area contributed by atoms with Gasteiger partial charge in [-0.25, -0.2) is 0 Å². The number of H-pyrrole nitrogens is 1. The first-order valence-corrected chi connectivity index (χ1v) is 9.14. The third kappa shape index (κ3) is 3.79. The number of hydrogen-bond acceptors (Lipinski definition) is 3. The zero-order valence-electron chi connectivity index (χ0n) is 15.6. The van der Waals surface area contributed by atoms with E-state index in [9.17, 15) is 9.59 Å². The molecule has 1 unspecified atom stereocenters. The van der Waals surface area contributed by atoms with Gasteiger partial charge in [0.05, 0.1) is 5.69 Å². The Bertz CT molecular complexity index is 782. The quantitative estimate of drug-likeness (QED) is 0.883. The maximum atomic E-state index is 12.9. The summed E-state index contributed by atoms with van der Waals surface area (Å²) in [6, 6.07) is 9.62. The minimum absolute atomic E-state index is 0.00502. The molecule has 0 radical (unpaired) electrons. The second kappa shape index (κ2) is 7.72. The van der Waals surface area contributed by atoms with E-state index in [1.165, 1.54) is 12.5 Å². The minimum Gasteiger partial charge on any atom is -0.344 e. The number of nitrogens with zero attached hydrogens (tertiary/aromatic N) is 2. The topological polar surface area (TPSA) is 78.1 Å². The van der Waals surface area contributed by atoms with Crippen LogP contribution in [-0.4, -0.2) is 46.0 Å². The number of amides is 2. The Morgan fingerprint density at radius 2 is 1.85 bits per heavy atom. The highest BCUT2D eigenvalue weighted by Crippen LogP contribution is 2.26. The average Bonchev–Trinajstić information content (AvgIpc) is 2.91. The van der Waals surface area contributed by atoms with Crippen LogP contribution in [0.15, 0.2) is 30.3 Å². The molecule has 26 heavy (non-hydrogen) atoms. The maximum Gasteiger partial charge on any atom is 0.245 e. The van der Waals surface area contributed by atoms with Gasteiger partial charge in [-0.3, -0.25) is 14.7 Å². The second-order valence-electron chi connectivity index (χ2n) is 7.14. The summed E-state index contributed by atoms with van der Waals surface area (Å²) < 4.78 is 0. The Morgan fingerprint density at radius 3 is 2.50 bits per heavy atom. The molecule has 1 aliphatic rings. The fourth-order valence-electron chi connectivity index (χ4n) is 3.47. The van der Waals surface area contributed by atoms with Crippen LogP contribution in [0.25, 0.3) is 11.3 Å². The van der Waals surface area contributed by atoms with Gasteiger partial charge in [0.25, 0.3) is 0 Å².